The van der Waals surface area contributed by atoms with Crippen LogP contribution in [0.25, 0.3) is 10.6 Å². The Bertz CT molecular complexity index is 953. The Morgan fingerprint density at radius 2 is 1.87 bits per heavy atom. The van der Waals surface area contributed by atoms with Crippen LogP contribution in [0.1, 0.15) is 5.69 Å². The van der Waals surface area contributed by atoms with Crippen LogP contribution in [0.5, 0.6) is 0 Å². The van der Waals surface area contributed by atoms with E-state index in [1.54, 1.807) is 11.3 Å². The Hall–Kier alpha value is -2.74. The molecule has 0 unspecified atom stereocenters. The number of likely N-dealkylation sites (N-methyl/N-ethyl adjacent to an activating group) is 1. The maximum atomic E-state index is 12.4. The second-order valence-corrected chi connectivity index (χ2v) is 8.23. The van der Waals surface area contributed by atoms with Gasteiger partial charge in [-0.15, -0.1) is 11.3 Å². The summed E-state index contributed by atoms with van der Waals surface area (Å²) in [7, 11) is 1.93. The summed E-state index contributed by atoms with van der Waals surface area (Å²) >= 11 is 1.63. The van der Waals surface area contributed by atoms with Gasteiger partial charge in [-0.1, -0.05) is 30.3 Å². The molecule has 6 nitrogen and oxygen atoms in total. The normalized spacial score (nSPS) is 14.1. The van der Waals surface area contributed by atoms with Gasteiger partial charge in [0, 0.05) is 42.0 Å². The number of aromatic nitrogens is 1. The fraction of sp³-hybridized carbons (Fsp3) is 0.304. The number of carbonyl (C=O) groups excluding carboxylic acids is 1. The van der Waals surface area contributed by atoms with Gasteiger partial charge in [0.1, 0.15) is 5.01 Å². The van der Waals surface area contributed by atoms with Gasteiger partial charge in [-0.25, -0.2) is 4.98 Å². The third kappa shape index (κ3) is 5.44. The second-order valence-electron chi connectivity index (χ2n) is 7.38. The largest absolute Gasteiger partial charge is 0.378 e. The number of thiazole rings is 1. The van der Waals surface area contributed by atoms with Crippen molar-refractivity contribution in [3.63, 3.8) is 0 Å². The predicted octanol–water partition coefficient (Wildman–Crippen LogP) is 3.72. The van der Waals surface area contributed by atoms with E-state index in [0.717, 1.165) is 53.9 Å². The van der Waals surface area contributed by atoms with Gasteiger partial charge in [0.2, 0.25) is 5.91 Å². The molecule has 0 bridgehead atoms. The van der Waals surface area contributed by atoms with Crippen molar-refractivity contribution in [2.45, 2.75) is 6.54 Å². The van der Waals surface area contributed by atoms with Crippen molar-refractivity contribution < 1.29 is 9.53 Å². The molecule has 2 heterocycles. The van der Waals surface area contributed by atoms with Crippen molar-refractivity contribution in [3.05, 3.63) is 65.7 Å². The molecule has 1 N–H and O–H groups in total. The average Bonchev–Trinajstić information content (AvgIpc) is 3.23. The predicted molar refractivity (Wildman–Crippen MR) is 122 cm³/mol. The molecule has 7 heteroatoms. The molecule has 0 saturated carbocycles. The molecule has 1 aliphatic heterocycles. The van der Waals surface area contributed by atoms with E-state index in [2.05, 4.69) is 27.7 Å². The summed E-state index contributed by atoms with van der Waals surface area (Å²) in [4.78, 5) is 21.4. The molecular formula is C23H26N4O2S. The van der Waals surface area contributed by atoms with E-state index < -0.39 is 0 Å². The second kappa shape index (κ2) is 9.84. The van der Waals surface area contributed by atoms with Crippen LogP contribution in [0.2, 0.25) is 0 Å². The zero-order chi connectivity index (χ0) is 20.8. The van der Waals surface area contributed by atoms with Crippen LogP contribution in [-0.2, 0) is 16.1 Å². The number of nitrogens with one attached hydrogen (secondary N) is 1. The molecular weight excluding hydrogens is 396 g/mol. The maximum Gasteiger partial charge on any atom is 0.238 e. The molecule has 0 atom stereocenters. The summed E-state index contributed by atoms with van der Waals surface area (Å²) in [5.41, 5.74) is 4.07. The Balaban J connectivity index is 1.27. The quantitative estimate of drug-likeness (QED) is 0.629. The summed E-state index contributed by atoms with van der Waals surface area (Å²) in [6.07, 6.45) is 0. The van der Waals surface area contributed by atoms with Gasteiger partial charge in [0.15, 0.2) is 0 Å². The minimum atomic E-state index is -0.0323. The smallest absolute Gasteiger partial charge is 0.238 e. The van der Waals surface area contributed by atoms with Crippen molar-refractivity contribution in [2.75, 3.05) is 50.1 Å². The Labute approximate surface area is 181 Å². The number of rotatable bonds is 7. The van der Waals surface area contributed by atoms with E-state index in [9.17, 15) is 4.79 Å². The molecule has 0 radical (unpaired) electrons. The molecule has 1 fully saturated rings. The van der Waals surface area contributed by atoms with Crippen molar-refractivity contribution in [1.29, 1.82) is 0 Å². The Kier molecular flexibility index (Phi) is 6.74. The van der Waals surface area contributed by atoms with Crippen LogP contribution in [-0.4, -0.2) is 55.7 Å². The molecule has 1 saturated heterocycles. The van der Waals surface area contributed by atoms with Gasteiger partial charge in [-0.2, -0.15) is 0 Å². The number of morpholine rings is 1. The van der Waals surface area contributed by atoms with Crippen LogP contribution in [0.4, 0.5) is 11.4 Å². The van der Waals surface area contributed by atoms with Gasteiger partial charge in [-0.3, -0.25) is 9.69 Å². The third-order valence-corrected chi connectivity index (χ3v) is 5.89. The first kappa shape index (κ1) is 20.5. The summed E-state index contributed by atoms with van der Waals surface area (Å²) in [5.74, 6) is -0.0323. The van der Waals surface area contributed by atoms with E-state index in [-0.39, 0.29) is 5.91 Å². The highest BCUT2D eigenvalue weighted by atomic mass is 32.1. The highest BCUT2D eigenvalue weighted by Gasteiger charge is 2.13. The van der Waals surface area contributed by atoms with E-state index in [1.165, 1.54) is 0 Å². The van der Waals surface area contributed by atoms with Crippen LogP contribution in [0, 0.1) is 0 Å². The fourth-order valence-electron chi connectivity index (χ4n) is 3.45. The van der Waals surface area contributed by atoms with Crippen LogP contribution < -0.4 is 10.2 Å². The molecule has 4 rings (SSSR count). The molecule has 0 aliphatic carbocycles. The number of carbonyl (C=O) groups is 1. The Morgan fingerprint density at radius 1 is 1.13 bits per heavy atom. The van der Waals surface area contributed by atoms with E-state index >= 15 is 0 Å². The summed E-state index contributed by atoms with van der Waals surface area (Å²) in [5, 5.41) is 6.04. The highest BCUT2D eigenvalue weighted by Crippen LogP contribution is 2.24. The number of hydrogen-bond acceptors (Lipinski definition) is 6. The van der Waals surface area contributed by atoms with Crippen molar-refractivity contribution in [1.82, 2.24) is 9.88 Å². The molecule has 1 amide bonds. The number of benzene rings is 2. The van der Waals surface area contributed by atoms with E-state index in [4.69, 9.17) is 9.72 Å². The van der Waals surface area contributed by atoms with Crippen LogP contribution in [0.15, 0.2) is 60.0 Å². The number of amides is 1. The summed E-state index contributed by atoms with van der Waals surface area (Å²) in [6, 6.07) is 18.1. The zero-order valence-electron chi connectivity index (χ0n) is 17.1. The highest BCUT2D eigenvalue weighted by molar-refractivity contribution is 7.13. The topological polar surface area (TPSA) is 57.7 Å². The fourth-order valence-corrected chi connectivity index (χ4v) is 4.27. The van der Waals surface area contributed by atoms with Crippen molar-refractivity contribution in [3.8, 4) is 10.6 Å². The molecule has 1 aromatic heterocycles. The Morgan fingerprint density at radius 3 is 2.60 bits per heavy atom. The minimum absolute atomic E-state index is 0.0323. The maximum absolute atomic E-state index is 12.4. The minimum Gasteiger partial charge on any atom is -0.378 e. The molecule has 2 aromatic carbocycles. The first-order valence-electron chi connectivity index (χ1n) is 10.1. The van der Waals surface area contributed by atoms with Crippen molar-refractivity contribution >= 4 is 28.6 Å². The molecule has 30 heavy (non-hydrogen) atoms. The lowest BCUT2D eigenvalue weighted by atomic mass is 10.2. The van der Waals surface area contributed by atoms with E-state index in [0.29, 0.717) is 13.1 Å². The first-order valence-corrected chi connectivity index (χ1v) is 11.0. The van der Waals surface area contributed by atoms with Gasteiger partial charge < -0.3 is 15.0 Å². The van der Waals surface area contributed by atoms with Gasteiger partial charge >= 0.3 is 0 Å². The summed E-state index contributed by atoms with van der Waals surface area (Å²) in [6.45, 7) is 4.27. The monoisotopic (exact) mass is 422 g/mol. The average molecular weight is 423 g/mol. The number of anilines is 2. The molecule has 1 aliphatic rings. The van der Waals surface area contributed by atoms with Gasteiger partial charge in [-0.05, 0) is 31.3 Å². The standard InChI is InChI=1S/C23H26N4O2S/c1-26(15-20-17-30-23(25-20)18-5-3-2-4-6-18)16-22(28)24-19-7-9-21(10-8-19)27-11-13-29-14-12-27/h2-10,17H,11-16H2,1H3,(H,24,28). The lowest BCUT2D eigenvalue weighted by molar-refractivity contribution is -0.117. The molecule has 3 aromatic rings. The van der Waals surface area contributed by atoms with Crippen LogP contribution in [0.3, 0.4) is 0 Å². The van der Waals surface area contributed by atoms with Gasteiger partial charge in [0.25, 0.3) is 0 Å². The number of ether oxygens (including phenoxy) is 1. The SMILES string of the molecule is CN(CC(=O)Nc1ccc(N2CCOCC2)cc1)Cc1csc(-c2ccccc2)n1. The van der Waals surface area contributed by atoms with Gasteiger partial charge in [0.05, 0.1) is 25.5 Å². The molecule has 0 spiro atoms. The zero-order valence-corrected chi connectivity index (χ0v) is 17.9. The lowest BCUT2D eigenvalue weighted by Gasteiger charge is -2.28. The summed E-state index contributed by atoms with van der Waals surface area (Å²) < 4.78 is 5.39. The number of hydrogen-bond donors (Lipinski definition) is 1. The van der Waals surface area contributed by atoms with E-state index in [1.807, 2.05) is 54.4 Å². The van der Waals surface area contributed by atoms with Crippen molar-refractivity contribution in [2.24, 2.45) is 0 Å². The van der Waals surface area contributed by atoms with Crippen LogP contribution >= 0.6 is 11.3 Å². The molecule has 156 valence electrons. The lowest BCUT2D eigenvalue weighted by Crippen LogP contribution is -2.36. The third-order valence-electron chi connectivity index (χ3n) is 4.95. The first-order chi connectivity index (χ1) is 14.7. The number of nitrogens with zero attached hydrogens (tertiary/aromatic N) is 3.